The number of nitrogens with two attached hydrogens (primary N) is 1. The third-order valence-electron chi connectivity index (χ3n) is 4.01. The van der Waals surface area contributed by atoms with E-state index in [1.54, 1.807) is 25.1 Å². The second-order valence-electron chi connectivity index (χ2n) is 5.89. The average molecular weight is 275 g/mol. The molecule has 1 fully saturated rings. The van der Waals surface area contributed by atoms with Gasteiger partial charge in [-0.1, -0.05) is 19.3 Å². The zero-order valence-electron chi connectivity index (χ0n) is 12.5. The Labute approximate surface area is 121 Å². The second kappa shape index (κ2) is 6.64. The number of hydrogen-bond acceptors (Lipinski definition) is 3. The minimum Gasteiger partial charge on any atom is -0.397 e. The van der Waals surface area contributed by atoms with E-state index in [1.165, 1.54) is 32.1 Å². The molecular weight excluding hydrogens is 250 g/mol. The Balaban J connectivity index is 1.97. The van der Waals surface area contributed by atoms with Gasteiger partial charge in [0.15, 0.2) is 0 Å². The zero-order chi connectivity index (χ0) is 14.5. The van der Waals surface area contributed by atoms with E-state index in [1.807, 2.05) is 12.1 Å². The molecule has 1 saturated carbocycles. The van der Waals surface area contributed by atoms with Gasteiger partial charge >= 0.3 is 0 Å². The Morgan fingerprint density at radius 3 is 2.60 bits per heavy atom. The summed E-state index contributed by atoms with van der Waals surface area (Å²) >= 11 is 0. The van der Waals surface area contributed by atoms with E-state index in [-0.39, 0.29) is 5.91 Å². The Hall–Kier alpha value is -1.71. The van der Waals surface area contributed by atoms with Crippen LogP contribution in [0, 0.1) is 5.92 Å². The molecule has 0 radical (unpaired) electrons. The van der Waals surface area contributed by atoms with Crippen LogP contribution in [0.5, 0.6) is 0 Å². The van der Waals surface area contributed by atoms with Gasteiger partial charge in [0.2, 0.25) is 0 Å². The normalized spacial score (nSPS) is 15.9. The predicted molar refractivity (Wildman–Crippen MR) is 83.9 cm³/mol. The number of nitrogens with one attached hydrogen (secondary N) is 1. The molecule has 20 heavy (non-hydrogen) atoms. The summed E-state index contributed by atoms with van der Waals surface area (Å²) in [6.07, 6.45) is 6.68. The first-order valence-electron chi connectivity index (χ1n) is 7.43. The smallest absolute Gasteiger partial charge is 0.253 e. The molecule has 0 aromatic heterocycles. The maximum atomic E-state index is 11.9. The van der Waals surface area contributed by atoms with Crippen LogP contribution in [0.25, 0.3) is 0 Å². The van der Waals surface area contributed by atoms with Gasteiger partial charge in [-0.05, 0) is 37.0 Å². The molecule has 1 aliphatic carbocycles. The fourth-order valence-corrected chi connectivity index (χ4v) is 2.76. The predicted octanol–water partition coefficient (Wildman–Crippen LogP) is 2.96. The first-order valence-corrected chi connectivity index (χ1v) is 7.43. The fraction of sp³-hybridized carbons (Fsp3) is 0.562. The summed E-state index contributed by atoms with van der Waals surface area (Å²) in [4.78, 5) is 13.4. The van der Waals surface area contributed by atoms with Crippen LogP contribution in [-0.2, 0) is 0 Å². The quantitative estimate of drug-likeness (QED) is 0.831. The number of anilines is 2. The third-order valence-corrected chi connectivity index (χ3v) is 4.01. The summed E-state index contributed by atoms with van der Waals surface area (Å²) in [5, 5.41) is 3.43. The molecular formula is C16H25N3O. The van der Waals surface area contributed by atoms with Crippen LogP contribution < -0.4 is 11.1 Å². The molecule has 1 amide bonds. The largest absolute Gasteiger partial charge is 0.397 e. The van der Waals surface area contributed by atoms with Crippen molar-refractivity contribution in [2.45, 2.75) is 32.1 Å². The molecule has 4 heteroatoms. The van der Waals surface area contributed by atoms with Gasteiger partial charge in [-0.3, -0.25) is 4.79 Å². The highest BCUT2D eigenvalue weighted by Gasteiger charge is 2.14. The number of nitrogen functional groups attached to an aromatic ring is 1. The van der Waals surface area contributed by atoms with Gasteiger partial charge in [-0.25, -0.2) is 0 Å². The number of amides is 1. The van der Waals surface area contributed by atoms with Crippen molar-refractivity contribution in [2.75, 3.05) is 31.7 Å². The highest BCUT2D eigenvalue weighted by Crippen LogP contribution is 2.26. The Morgan fingerprint density at radius 1 is 1.30 bits per heavy atom. The van der Waals surface area contributed by atoms with E-state index in [0.29, 0.717) is 11.3 Å². The van der Waals surface area contributed by atoms with Crippen molar-refractivity contribution >= 4 is 17.3 Å². The molecule has 110 valence electrons. The van der Waals surface area contributed by atoms with Crippen LogP contribution in [0.3, 0.4) is 0 Å². The van der Waals surface area contributed by atoms with Crippen molar-refractivity contribution in [3.63, 3.8) is 0 Å². The molecule has 0 heterocycles. The van der Waals surface area contributed by atoms with E-state index < -0.39 is 0 Å². The fourth-order valence-electron chi connectivity index (χ4n) is 2.76. The molecule has 1 aromatic carbocycles. The van der Waals surface area contributed by atoms with Crippen LogP contribution in [0.1, 0.15) is 42.5 Å². The second-order valence-corrected chi connectivity index (χ2v) is 5.89. The third kappa shape index (κ3) is 3.65. The summed E-state index contributed by atoms with van der Waals surface area (Å²) in [5.74, 6) is 0.738. The molecule has 2 rings (SSSR count). The summed E-state index contributed by atoms with van der Waals surface area (Å²) < 4.78 is 0. The van der Waals surface area contributed by atoms with Gasteiger partial charge in [-0.2, -0.15) is 0 Å². The standard InChI is InChI=1S/C16H25N3O/c1-19(2)16(20)13-8-9-15(14(17)10-13)18-11-12-6-4-3-5-7-12/h8-10,12,18H,3-7,11,17H2,1-2H3. The lowest BCUT2D eigenvalue weighted by Crippen LogP contribution is -2.22. The summed E-state index contributed by atoms with van der Waals surface area (Å²) in [7, 11) is 3.49. The van der Waals surface area contributed by atoms with Crippen LogP contribution in [0.2, 0.25) is 0 Å². The molecule has 0 spiro atoms. The van der Waals surface area contributed by atoms with Crippen molar-refractivity contribution in [1.82, 2.24) is 4.90 Å². The number of rotatable bonds is 4. The molecule has 4 nitrogen and oxygen atoms in total. The van der Waals surface area contributed by atoms with Gasteiger partial charge < -0.3 is 16.0 Å². The van der Waals surface area contributed by atoms with E-state index in [0.717, 1.165) is 18.2 Å². The van der Waals surface area contributed by atoms with E-state index in [9.17, 15) is 4.79 Å². The minimum absolute atomic E-state index is 0.0180. The number of carbonyl (C=O) groups is 1. The monoisotopic (exact) mass is 275 g/mol. The Morgan fingerprint density at radius 2 is 2.00 bits per heavy atom. The lowest BCUT2D eigenvalue weighted by Gasteiger charge is -2.22. The maximum absolute atomic E-state index is 11.9. The highest BCUT2D eigenvalue weighted by molar-refractivity contribution is 5.95. The van der Waals surface area contributed by atoms with Gasteiger partial charge in [0.25, 0.3) is 5.91 Å². The molecule has 0 unspecified atom stereocenters. The molecule has 0 saturated heterocycles. The lowest BCUT2D eigenvalue weighted by atomic mass is 9.89. The van der Waals surface area contributed by atoms with Gasteiger partial charge in [0, 0.05) is 26.2 Å². The molecule has 0 bridgehead atoms. The zero-order valence-corrected chi connectivity index (χ0v) is 12.5. The molecule has 0 aliphatic heterocycles. The summed E-state index contributed by atoms with van der Waals surface area (Å²) in [6, 6.07) is 5.50. The number of carbonyl (C=O) groups excluding carboxylic acids is 1. The van der Waals surface area contributed by atoms with Crippen molar-refractivity contribution in [1.29, 1.82) is 0 Å². The van der Waals surface area contributed by atoms with E-state index >= 15 is 0 Å². The summed E-state index contributed by atoms with van der Waals surface area (Å²) in [6.45, 7) is 0.977. The summed E-state index contributed by atoms with van der Waals surface area (Å²) in [5.41, 5.74) is 8.26. The lowest BCUT2D eigenvalue weighted by molar-refractivity contribution is 0.0827. The molecule has 1 aliphatic rings. The molecule has 3 N–H and O–H groups in total. The topological polar surface area (TPSA) is 58.4 Å². The van der Waals surface area contributed by atoms with E-state index in [4.69, 9.17) is 5.73 Å². The molecule has 1 aromatic rings. The van der Waals surface area contributed by atoms with E-state index in [2.05, 4.69) is 5.32 Å². The van der Waals surface area contributed by atoms with Crippen molar-refractivity contribution in [3.05, 3.63) is 23.8 Å². The van der Waals surface area contributed by atoms with Crippen LogP contribution in [-0.4, -0.2) is 31.4 Å². The number of hydrogen-bond donors (Lipinski definition) is 2. The molecule has 0 atom stereocenters. The van der Waals surface area contributed by atoms with Crippen LogP contribution >= 0.6 is 0 Å². The Bertz CT molecular complexity index is 465. The first kappa shape index (κ1) is 14.7. The SMILES string of the molecule is CN(C)C(=O)c1ccc(NCC2CCCCC2)c(N)c1. The van der Waals surface area contributed by atoms with Gasteiger partial charge in [-0.15, -0.1) is 0 Å². The number of benzene rings is 1. The maximum Gasteiger partial charge on any atom is 0.253 e. The van der Waals surface area contributed by atoms with Gasteiger partial charge in [0.05, 0.1) is 11.4 Å². The van der Waals surface area contributed by atoms with Crippen molar-refractivity contribution in [3.8, 4) is 0 Å². The minimum atomic E-state index is -0.0180. The van der Waals surface area contributed by atoms with Crippen LogP contribution in [0.4, 0.5) is 11.4 Å². The average Bonchev–Trinajstić information content (AvgIpc) is 2.46. The van der Waals surface area contributed by atoms with Crippen LogP contribution in [0.15, 0.2) is 18.2 Å². The van der Waals surface area contributed by atoms with Gasteiger partial charge in [0.1, 0.15) is 0 Å². The van der Waals surface area contributed by atoms with Crippen molar-refractivity contribution < 1.29 is 4.79 Å². The first-order chi connectivity index (χ1) is 9.58. The highest BCUT2D eigenvalue weighted by atomic mass is 16.2. The number of nitrogens with zero attached hydrogens (tertiary/aromatic N) is 1. The van der Waals surface area contributed by atoms with Crippen molar-refractivity contribution in [2.24, 2.45) is 5.92 Å². The Kier molecular flexibility index (Phi) is 4.88.